The maximum Gasteiger partial charge on any atom is 0.145 e. The van der Waals surface area contributed by atoms with E-state index in [4.69, 9.17) is 4.74 Å². The van der Waals surface area contributed by atoms with Crippen molar-refractivity contribution in [1.29, 1.82) is 0 Å². The Labute approximate surface area is 114 Å². The van der Waals surface area contributed by atoms with Gasteiger partial charge in [-0.3, -0.25) is 4.98 Å². The fourth-order valence-corrected chi connectivity index (χ4v) is 2.90. The van der Waals surface area contributed by atoms with Crippen LogP contribution in [0.5, 0.6) is 5.75 Å². The molecular weight excluding hydrogens is 236 g/mol. The summed E-state index contributed by atoms with van der Waals surface area (Å²) in [5, 5.41) is 4.48. The first-order chi connectivity index (χ1) is 9.13. The normalized spacial score (nSPS) is 25.0. The molecule has 1 aliphatic rings. The second kappa shape index (κ2) is 4.49. The van der Waals surface area contributed by atoms with Crippen molar-refractivity contribution in [3.8, 4) is 5.75 Å². The molecular formula is C16H20N2O. The van der Waals surface area contributed by atoms with Gasteiger partial charge in [-0.2, -0.15) is 0 Å². The van der Waals surface area contributed by atoms with Crippen LogP contribution in [0.15, 0.2) is 36.5 Å². The number of aromatic nitrogens is 1. The smallest absolute Gasteiger partial charge is 0.145 e. The third-order valence-electron chi connectivity index (χ3n) is 4.39. The molecule has 2 atom stereocenters. The topological polar surface area (TPSA) is 34.1 Å². The van der Waals surface area contributed by atoms with E-state index in [1.807, 2.05) is 31.4 Å². The molecule has 3 heteroatoms. The van der Waals surface area contributed by atoms with Crippen LogP contribution in [0.3, 0.4) is 0 Å². The van der Waals surface area contributed by atoms with Gasteiger partial charge in [0.2, 0.25) is 0 Å². The zero-order valence-corrected chi connectivity index (χ0v) is 11.7. The number of rotatable bonds is 3. The van der Waals surface area contributed by atoms with E-state index in [0.717, 1.165) is 23.1 Å². The van der Waals surface area contributed by atoms with Crippen LogP contribution in [0.1, 0.15) is 20.3 Å². The summed E-state index contributed by atoms with van der Waals surface area (Å²) in [6.07, 6.45) is 3.11. The molecule has 1 fully saturated rings. The summed E-state index contributed by atoms with van der Waals surface area (Å²) in [6, 6.07) is 10.7. The van der Waals surface area contributed by atoms with Gasteiger partial charge in [0, 0.05) is 29.5 Å². The highest BCUT2D eigenvalue weighted by Crippen LogP contribution is 2.43. The molecule has 3 rings (SSSR count). The quantitative estimate of drug-likeness (QED) is 0.916. The number of ether oxygens (including phenoxy) is 1. The summed E-state index contributed by atoms with van der Waals surface area (Å²) in [6.45, 7) is 4.50. The van der Waals surface area contributed by atoms with E-state index in [0.29, 0.717) is 6.04 Å². The molecule has 1 aromatic heterocycles. The Kier molecular flexibility index (Phi) is 2.94. The number of nitrogens with zero attached hydrogens (tertiary/aromatic N) is 1. The van der Waals surface area contributed by atoms with Crippen LogP contribution < -0.4 is 10.1 Å². The van der Waals surface area contributed by atoms with Gasteiger partial charge in [-0.1, -0.05) is 32.0 Å². The van der Waals surface area contributed by atoms with Crippen LogP contribution in [-0.4, -0.2) is 24.2 Å². The fraction of sp³-hybridized carbons (Fsp3) is 0.438. The first-order valence-corrected chi connectivity index (χ1v) is 6.80. The van der Waals surface area contributed by atoms with Crippen molar-refractivity contribution < 1.29 is 4.74 Å². The molecule has 1 heterocycles. The van der Waals surface area contributed by atoms with Gasteiger partial charge in [0.15, 0.2) is 0 Å². The number of hydrogen-bond donors (Lipinski definition) is 1. The van der Waals surface area contributed by atoms with Gasteiger partial charge in [-0.05, 0) is 19.2 Å². The lowest BCUT2D eigenvalue weighted by atomic mass is 9.64. The molecule has 0 aliphatic heterocycles. The van der Waals surface area contributed by atoms with Crippen LogP contribution in [-0.2, 0) is 0 Å². The largest absolute Gasteiger partial charge is 0.487 e. The molecule has 1 aliphatic carbocycles. The first-order valence-electron chi connectivity index (χ1n) is 6.80. The molecule has 2 aromatic rings. The molecule has 19 heavy (non-hydrogen) atoms. The molecule has 1 N–H and O–H groups in total. The van der Waals surface area contributed by atoms with Crippen LogP contribution in [0, 0.1) is 5.41 Å². The lowest BCUT2D eigenvalue weighted by Gasteiger charge is -2.51. The van der Waals surface area contributed by atoms with Crippen molar-refractivity contribution in [2.75, 3.05) is 7.05 Å². The van der Waals surface area contributed by atoms with Gasteiger partial charge in [-0.15, -0.1) is 0 Å². The standard InChI is InChI=1S/C16H20N2O/c1-16(2)13(17-3)10-14(16)19-12-8-4-6-11-7-5-9-18-15(11)12/h4-9,13-14,17H,10H2,1-3H3. The summed E-state index contributed by atoms with van der Waals surface area (Å²) in [5.41, 5.74) is 1.11. The lowest BCUT2D eigenvalue weighted by Crippen LogP contribution is -2.61. The predicted molar refractivity (Wildman–Crippen MR) is 77.4 cm³/mol. The molecule has 1 saturated carbocycles. The monoisotopic (exact) mass is 256 g/mol. The zero-order chi connectivity index (χ0) is 13.5. The zero-order valence-electron chi connectivity index (χ0n) is 11.7. The highest BCUT2D eigenvalue weighted by atomic mass is 16.5. The maximum absolute atomic E-state index is 6.21. The van der Waals surface area contributed by atoms with Gasteiger partial charge in [-0.25, -0.2) is 0 Å². The number of nitrogens with one attached hydrogen (secondary N) is 1. The van der Waals surface area contributed by atoms with Crippen LogP contribution in [0.25, 0.3) is 10.9 Å². The van der Waals surface area contributed by atoms with Crippen LogP contribution in [0.4, 0.5) is 0 Å². The van der Waals surface area contributed by atoms with Crippen molar-refractivity contribution in [2.45, 2.75) is 32.4 Å². The summed E-state index contributed by atoms with van der Waals surface area (Å²) in [5.74, 6) is 0.894. The van der Waals surface area contributed by atoms with Crippen LogP contribution in [0.2, 0.25) is 0 Å². The number of hydrogen-bond acceptors (Lipinski definition) is 3. The summed E-state index contributed by atoms with van der Waals surface area (Å²) < 4.78 is 6.21. The fourth-order valence-electron chi connectivity index (χ4n) is 2.90. The predicted octanol–water partition coefficient (Wildman–Crippen LogP) is 3.00. The maximum atomic E-state index is 6.21. The van der Waals surface area contributed by atoms with Crippen molar-refractivity contribution in [1.82, 2.24) is 10.3 Å². The van der Waals surface area contributed by atoms with E-state index in [1.54, 1.807) is 0 Å². The second-order valence-corrected chi connectivity index (χ2v) is 5.84. The van der Waals surface area contributed by atoms with Crippen LogP contribution >= 0.6 is 0 Å². The number of para-hydroxylation sites is 1. The van der Waals surface area contributed by atoms with Gasteiger partial charge in [0.1, 0.15) is 17.4 Å². The summed E-state index contributed by atoms with van der Waals surface area (Å²) in [4.78, 5) is 4.44. The number of benzene rings is 1. The second-order valence-electron chi connectivity index (χ2n) is 5.84. The lowest BCUT2D eigenvalue weighted by molar-refractivity contribution is -0.0513. The van der Waals surface area contributed by atoms with E-state index in [-0.39, 0.29) is 11.5 Å². The minimum atomic E-state index is 0.158. The molecule has 0 amide bonds. The molecule has 2 unspecified atom stereocenters. The number of fused-ring (bicyclic) bond motifs is 1. The van der Waals surface area contributed by atoms with Crippen molar-refractivity contribution in [3.63, 3.8) is 0 Å². The van der Waals surface area contributed by atoms with E-state index in [2.05, 4.69) is 36.3 Å². The van der Waals surface area contributed by atoms with E-state index >= 15 is 0 Å². The molecule has 0 bridgehead atoms. The molecule has 1 aromatic carbocycles. The van der Waals surface area contributed by atoms with Crippen molar-refractivity contribution in [3.05, 3.63) is 36.5 Å². The van der Waals surface area contributed by atoms with E-state index in [9.17, 15) is 0 Å². The molecule has 0 spiro atoms. The highest BCUT2D eigenvalue weighted by Gasteiger charge is 2.49. The van der Waals surface area contributed by atoms with Gasteiger partial charge >= 0.3 is 0 Å². The van der Waals surface area contributed by atoms with E-state index < -0.39 is 0 Å². The Morgan fingerprint density at radius 2 is 2.05 bits per heavy atom. The molecule has 100 valence electrons. The molecule has 3 nitrogen and oxygen atoms in total. The third-order valence-corrected chi connectivity index (χ3v) is 4.39. The average Bonchev–Trinajstić information content (AvgIpc) is 2.43. The Balaban J connectivity index is 1.87. The number of pyridine rings is 1. The van der Waals surface area contributed by atoms with Gasteiger partial charge in [0.05, 0.1) is 0 Å². The summed E-state index contributed by atoms with van der Waals surface area (Å²) >= 11 is 0. The highest BCUT2D eigenvalue weighted by molar-refractivity contribution is 5.84. The van der Waals surface area contributed by atoms with Crippen molar-refractivity contribution in [2.24, 2.45) is 5.41 Å². The molecule has 0 saturated heterocycles. The average molecular weight is 256 g/mol. The minimum absolute atomic E-state index is 0.158. The van der Waals surface area contributed by atoms with Gasteiger partial charge < -0.3 is 10.1 Å². The van der Waals surface area contributed by atoms with Crippen molar-refractivity contribution >= 4 is 10.9 Å². The van der Waals surface area contributed by atoms with E-state index in [1.165, 1.54) is 0 Å². The third kappa shape index (κ3) is 1.98. The Bertz CT molecular complexity index is 589. The summed E-state index contributed by atoms with van der Waals surface area (Å²) in [7, 11) is 2.02. The Morgan fingerprint density at radius 1 is 1.26 bits per heavy atom. The molecule has 0 radical (unpaired) electrons. The van der Waals surface area contributed by atoms with Gasteiger partial charge in [0.25, 0.3) is 0 Å². The Morgan fingerprint density at radius 3 is 2.79 bits per heavy atom. The first kappa shape index (κ1) is 12.4. The minimum Gasteiger partial charge on any atom is -0.487 e. The Hall–Kier alpha value is -1.61. The SMILES string of the molecule is CNC1CC(Oc2cccc3cccnc23)C1(C)C.